The molecule has 0 radical (unpaired) electrons. The lowest BCUT2D eigenvalue weighted by Crippen LogP contribution is -2.42. The molecule has 6 nitrogen and oxygen atoms in total. The summed E-state index contributed by atoms with van der Waals surface area (Å²) in [6, 6.07) is 8.02. The Balaban J connectivity index is 1.66. The van der Waals surface area contributed by atoms with Crippen molar-refractivity contribution in [3.8, 4) is 11.4 Å². The van der Waals surface area contributed by atoms with Gasteiger partial charge in [-0.1, -0.05) is 11.8 Å². The van der Waals surface area contributed by atoms with Crippen molar-refractivity contribution in [3.63, 3.8) is 0 Å². The van der Waals surface area contributed by atoms with Crippen molar-refractivity contribution in [1.82, 2.24) is 19.7 Å². The van der Waals surface area contributed by atoms with E-state index in [1.165, 1.54) is 18.2 Å². The molecule has 1 aromatic carbocycles. The van der Waals surface area contributed by atoms with Gasteiger partial charge in [-0.2, -0.15) is 0 Å². The third kappa shape index (κ3) is 3.72. The fourth-order valence-corrected chi connectivity index (χ4v) is 3.74. The first-order valence-corrected chi connectivity index (χ1v) is 9.14. The fraction of sp³-hybridized carbons (Fsp3) is 0.471. The summed E-state index contributed by atoms with van der Waals surface area (Å²) in [5.41, 5.74) is 0.946. The van der Waals surface area contributed by atoms with Crippen molar-refractivity contribution < 1.29 is 9.53 Å². The highest BCUT2D eigenvalue weighted by Crippen LogP contribution is 2.23. The number of aromatic nitrogens is 3. The minimum Gasteiger partial charge on any atom is -0.497 e. The van der Waals surface area contributed by atoms with Gasteiger partial charge in [-0.25, -0.2) is 0 Å². The van der Waals surface area contributed by atoms with Gasteiger partial charge in [0.1, 0.15) is 12.1 Å². The molecule has 0 spiro atoms. The molecule has 0 bridgehead atoms. The topological polar surface area (TPSA) is 60.2 Å². The minimum atomic E-state index is 0.177. The highest BCUT2D eigenvalue weighted by molar-refractivity contribution is 7.99. The van der Waals surface area contributed by atoms with Crippen LogP contribution in [-0.2, 0) is 4.79 Å². The summed E-state index contributed by atoms with van der Waals surface area (Å²) in [5, 5.41) is 8.85. The Morgan fingerprint density at radius 3 is 2.83 bits per heavy atom. The molecular formula is C17H22N4O2S. The Morgan fingerprint density at radius 1 is 1.33 bits per heavy atom. The summed E-state index contributed by atoms with van der Waals surface area (Å²) in [7, 11) is 1.64. The Morgan fingerprint density at radius 2 is 2.12 bits per heavy atom. The molecule has 1 unspecified atom stereocenters. The summed E-state index contributed by atoms with van der Waals surface area (Å²) in [4.78, 5) is 14.5. The van der Waals surface area contributed by atoms with Gasteiger partial charge in [0.15, 0.2) is 5.16 Å². The predicted molar refractivity (Wildman–Crippen MR) is 93.7 cm³/mol. The van der Waals surface area contributed by atoms with Crippen molar-refractivity contribution in [2.45, 2.75) is 37.4 Å². The van der Waals surface area contributed by atoms with Gasteiger partial charge < -0.3 is 9.64 Å². The van der Waals surface area contributed by atoms with Crippen LogP contribution in [-0.4, -0.2) is 51.0 Å². The second-order valence-corrected chi connectivity index (χ2v) is 6.84. The highest BCUT2D eigenvalue weighted by atomic mass is 32.2. The first kappa shape index (κ1) is 16.8. The van der Waals surface area contributed by atoms with E-state index >= 15 is 0 Å². The monoisotopic (exact) mass is 346 g/mol. The van der Waals surface area contributed by atoms with E-state index in [1.54, 1.807) is 13.4 Å². The van der Waals surface area contributed by atoms with Crippen molar-refractivity contribution in [2.75, 3.05) is 19.4 Å². The number of amides is 1. The summed E-state index contributed by atoms with van der Waals surface area (Å²) in [6.07, 6.45) is 5.07. The number of ether oxygens (including phenoxy) is 1. The van der Waals surface area contributed by atoms with E-state index in [9.17, 15) is 4.79 Å². The highest BCUT2D eigenvalue weighted by Gasteiger charge is 2.23. The van der Waals surface area contributed by atoms with Crippen LogP contribution >= 0.6 is 11.8 Å². The number of piperidine rings is 1. The first-order valence-electron chi connectivity index (χ1n) is 8.16. The second-order valence-electron chi connectivity index (χ2n) is 5.90. The number of rotatable bonds is 5. The Kier molecular flexibility index (Phi) is 5.40. The average molecular weight is 346 g/mol. The number of likely N-dealkylation sites (tertiary alicyclic amines) is 1. The molecule has 1 atom stereocenters. The molecule has 0 saturated carbocycles. The molecule has 2 aromatic rings. The van der Waals surface area contributed by atoms with E-state index < -0.39 is 0 Å². The van der Waals surface area contributed by atoms with Gasteiger partial charge in [0.2, 0.25) is 5.91 Å². The molecule has 1 saturated heterocycles. The van der Waals surface area contributed by atoms with Crippen molar-refractivity contribution in [3.05, 3.63) is 30.6 Å². The third-order valence-electron chi connectivity index (χ3n) is 4.32. The van der Waals surface area contributed by atoms with Gasteiger partial charge in [-0.15, -0.1) is 10.2 Å². The van der Waals surface area contributed by atoms with Gasteiger partial charge in [0, 0.05) is 18.3 Å². The van der Waals surface area contributed by atoms with Crippen LogP contribution in [0.15, 0.2) is 35.7 Å². The zero-order valence-corrected chi connectivity index (χ0v) is 14.8. The smallest absolute Gasteiger partial charge is 0.233 e. The Labute approximate surface area is 146 Å². The minimum absolute atomic E-state index is 0.177. The van der Waals surface area contributed by atoms with Crippen LogP contribution < -0.4 is 4.74 Å². The number of thioether (sulfide) groups is 1. The number of carbonyl (C=O) groups is 1. The summed E-state index contributed by atoms with van der Waals surface area (Å²) in [6.45, 7) is 2.99. The quantitative estimate of drug-likeness (QED) is 0.779. The lowest BCUT2D eigenvalue weighted by Gasteiger charge is -2.33. The number of hydrogen-bond acceptors (Lipinski definition) is 5. The van der Waals surface area contributed by atoms with E-state index in [1.807, 2.05) is 33.7 Å². The number of carbonyl (C=O) groups excluding carboxylic acids is 1. The van der Waals surface area contributed by atoms with E-state index in [0.717, 1.165) is 36.0 Å². The van der Waals surface area contributed by atoms with Crippen LogP contribution in [0, 0.1) is 0 Å². The number of nitrogens with zero attached hydrogens (tertiary/aromatic N) is 4. The molecule has 3 rings (SSSR count). The largest absolute Gasteiger partial charge is 0.497 e. The van der Waals surface area contributed by atoms with Crippen LogP contribution in [0.5, 0.6) is 5.75 Å². The SMILES string of the molecule is COc1ccc(-n2cnnc2SCC(=O)N2CCCCC2C)cc1. The van der Waals surface area contributed by atoms with Crippen LogP contribution in [0.25, 0.3) is 5.69 Å². The van der Waals surface area contributed by atoms with Gasteiger partial charge in [0.25, 0.3) is 0 Å². The Hall–Kier alpha value is -2.02. The van der Waals surface area contributed by atoms with E-state index in [4.69, 9.17) is 4.74 Å². The maximum atomic E-state index is 12.5. The number of hydrogen-bond donors (Lipinski definition) is 0. The van der Waals surface area contributed by atoms with Crippen molar-refractivity contribution in [1.29, 1.82) is 0 Å². The second kappa shape index (κ2) is 7.70. The van der Waals surface area contributed by atoms with Crippen LogP contribution in [0.2, 0.25) is 0 Å². The van der Waals surface area contributed by atoms with E-state index in [2.05, 4.69) is 17.1 Å². The number of benzene rings is 1. The van der Waals surface area contributed by atoms with Crippen molar-refractivity contribution in [2.24, 2.45) is 0 Å². The van der Waals surface area contributed by atoms with Crippen LogP contribution in [0.4, 0.5) is 0 Å². The molecule has 1 aliphatic heterocycles. The van der Waals surface area contributed by atoms with Crippen molar-refractivity contribution >= 4 is 17.7 Å². The van der Waals surface area contributed by atoms with E-state index in [0.29, 0.717) is 11.8 Å². The molecule has 1 amide bonds. The zero-order chi connectivity index (χ0) is 16.9. The molecular weight excluding hydrogens is 324 g/mol. The first-order chi connectivity index (χ1) is 11.7. The molecule has 0 N–H and O–H groups in total. The molecule has 1 aromatic heterocycles. The van der Waals surface area contributed by atoms with Gasteiger partial charge in [-0.05, 0) is 50.5 Å². The molecule has 1 aliphatic rings. The fourth-order valence-electron chi connectivity index (χ4n) is 2.92. The summed E-state index contributed by atoms with van der Waals surface area (Å²) in [5.74, 6) is 1.37. The normalized spacial score (nSPS) is 17.8. The maximum Gasteiger partial charge on any atom is 0.233 e. The molecule has 7 heteroatoms. The third-order valence-corrected chi connectivity index (χ3v) is 5.24. The molecule has 1 fully saturated rings. The van der Waals surface area contributed by atoms with E-state index in [-0.39, 0.29) is 5.91 Å². The zero-order valence-electron chi connectivity index (χ0n) is 14.0. The average Bonchev–Trinajstić information content (AvgIpc) is 3.08. The Bertz CT molecular complexity index is 686. The standard InChI is InChI=1S/C17H22N4O2S/c1-13-5-3-4-10-20(13)16(22)11-24-17-19-18-12-21(17)14-6-8-15(23-2)9-7-14/h6-9,12-13H,3-5,10-11H2,1-2H3. The molecule has 2 heterocycles. The predicted octanol–water partition coefficient (Wildman–Crippen LogP) is 2.77. The molecule has 0 aliphatic carbocycles. The van der Waals surface area contributed by atoms with Gasteiger partial charge in [0.05, 0.1) is 12.9 Å². The summed E-state index contributed by atoms with van der Waals surface area (Å²) >= 11 is 1.43. The lowest BCUT2D eigenvalue weighted by molar-refractivity contribution is -0.131. The summed E-state index contributed by atoms with van der Waals surface area (Å²) < 4.78 is 7.06. The molecule has 24 heavy (non-hydrogen) atoms. The maximum absolute atomic E-state index is 12.5. The van der Waals surface area contributed by atoms with Crippen LogP contribution in [0.3, 0.4) is 0 Å². The molecule has 128 valence electrons. The van der Waals surface area contributed by atoms with Crippen LogP contribution in [0.1, 0.15) is 26.2 Å². The van der Waals surface area contributed by atoms with Gasteiger partial charge in [-0.3, -0.25) is 9.36 Å². The number of methoxy groups -OCH3 is 1. The lowest BCUT2D eigenvalue weighted by atomic mass is 10.0. The van der Waals surface area contributed by atoms with Gasteiger partial charge >= 0.3 is 0 Å².